The Bertz CT molecular complexity index is 1150. The van der Waals surface area contributed by atoms with Gasteiger partial charge in [0.2, 0.25) is 0 Å². The first-order chi connectivity index (χ1) is 13.5. The Morgan fingerprint density at radius 3 is 2.14 bits per heavy atom. The molecule has 0 fully saturated rings. The van der Waals surface area contributed by atoms with E-state index in [1.807, 2.05) is 24.3 Å². The lowest BCUT2D eigenvalue weighted by Crippen LogP contribution is -2.24. The lowest BCUT2D eigenvalue weighted by atomic mass is 9.93. The highest BCUT2D eigenvalue weighted by molar-refractivity contribution is 6.22. The minimum atomic E-state index is -1.07. The molecule has 0 saturated carbocycles. The molecule has 0 atom stereocenters. The highest BCUT2D eigenvalue weighted by Gasteiger charge is 2.26. The van der Waals surface area contributed by atoms with Crippen molar-refractivity contribution in [1.82, 2.24) is 0 Å². The number of hydrogen-bond acceptors (Lipinski definition) is 5. The van der Waals surface area contributed by atoms with Gasteiger partial charge in [-0.05, 0) is 46.7 Å². The van der Waals surface area contributed by atoms with Crippen molar-refractivity contribution in [3.05, 3.63) is 36.0 Å². The number of rotatable bonds is 4. The standard InChI is InChI=1S/C21H19NO6/c1-25-15-9-12-7-14-18-11(5-6-22(14)21(23)24)8-17(27-3)20(28-4)19(18)13(12)10-16(15)26-2/h5-10H,1-4H3,(H,23,24). The van der Waals surface area contributed by atoms with Crippen molar-refractivity contribution in [2.45, 2.75) is 0 Å². The molecule has 4 rings (SSSR count). The molecule has 1 N–H and O–H groups in total. The summed E-state index contributed by atoms with van der Waals surface area (Å²) in [4.78, 5) is 13.0. The summed E-state index contributed by atoms with van der Waals surface area (Å²) in [7, 11) is 6.26. The van der Waals surface area contributed by atoms with Gasteiger partial charge in [0.25, 0.3) is 0 Å². The molecule has 0 saturated heterocycles. The molecule has 0 radical (unpaired) electrons. The van der Waals surface area contributed by atoms with Crippen LogP contribution < -0.4 is 23.8 Å². The summed E-state index contributed by atoms with van der Waals surface area (Å²) in [5.74, 6) is 2.21. The van der Waals surface area contributed by atoms with Crippen molar-refractivity contribution in [3.8, 4) is 23.0 Å². The third-order valence-corrected chi connectivity index (χ3v) is 4.94. The quantitative estimate of drug-likeness (QED) is 0.671. The number of methoxy groups -OCH3 is 4. The van der Waals surface area contributed by atoms with E-state index in [2.05, 4.69) is 0 Å². The fourth-order valence-electron chi connectivity index (χ4n) is 3.72. The van der Waals surface area contributed by atoms with Gasteiger partial charge in [-0.3, -0.25) is 4.90 Å². The van der Waals surface area contributed by atoms with Gasteiger partial charge >= 0.3 is 6.09 Å². The van der Waals surface area contributed by atoms with E-state index in [-0.39, 0.29) is 0 Å². The van der Waals surface area contributed by atoms with Crippen molar-refractivity contribution in [1.29, 1.82) is 0 Å². The Morgan fingerprint density at radius 1 is 0.857 bits per heavy atom. The summed E-state index contributed by atoms with van der Waals surface area (Å²) in [6.45, 7) is 0. The number of benzene rings is 3. The van der Waals surface area contributed by atoms with Gasteiger partial charge in [-0.1, -0.05) is 0 Å². The summed E-state index contributed by atoms with van der Waals surface area (Å²) >= 11 is 0. The molecule has 1 heterocycles. The van der Waals surface area contributed by atoms with Crippen molar-refractivity contribution < 1.29 is 28.8 Å². The second kappa shape index (κ2) is 6.53. The lowest BCUT2D eigenvalue weighted by Gasteiger charge is -2.25. The molecule has 7 heteroatoms. The van der Waals surface area contributed by atoms with Crippen LogP contribution in [-0.2, 0) is 0 Å². The molecule has 28 heavy (non-hydrogen) atoms. The van der Waals surface area contributed by atoms with Crippen LogP contribution in [0.3, 0.4) is 0 Å². The van der Waals surface area contributed by atoms with Crippen molar-refractivity contribution in [2.24, 2.45) is 0 Å². The van der Waals surface area contributed by atoms with E-state index in [1.165, 1.54) is 11.1 Å². The van der Waals surface area contributed by atoms with Crippen LogP contribution in [0.1, 0.15) is 5.56 Å². The SMILES string of the molecule is COc1cc2cc3c4c(cc(OC)c(OC)c4c2cc1OC)C=CN3C(=O)O. The average molecular weight is 381 g/mol. The first-order valence-corrected chi connectivity index (χ1v) is 8.51. The zero-order valence-electron chi connectivity index (χ0n) is 15.9. The third kappa shape index (κ3) is 2.40. The first-order valence-electron chi connectivity index (χ1n) is 8.51. The number of amides is 1. The van der Waals surface area contributed by atoms with Crippen molar-refractivity contribution >= 4 is 39.4 Å². The second-order valence-electron chi connectivity index (χ2n) is 6.24. The number of nitrogens with zero attached hydrogens (tertiary/aromatic N) is 1. The summed E-state index contributed by atoms with van der Waals surface area (Å²) in [5, 5.41) is 12.8. The van der Waals surface area contributed by atoms with E-state index in [0.717, 1.165) is 27.1 Å². The Hall–Kier alpha value is -3.61. The van der Waals surface area contributed by atoms with Crippen LogP contribution in [-0.4, -0.2) is 39.6 Å². The molecule has 0 aromatic heterocycles. The number of ether oxygens (including phenoxy) is 4. The maximum atomic E-state index is 11.8. The maximum absolute atomic E-state index is 11.8. The zero-order valence-corrected chi connectivity index (χ0v) is 15.9. The van der Waals surface area contributed by atoms with Crippen molar-refractivity contribution in [3.63, 3.8) is 0 Å². The first kappa shape index (κ1) is 17.8. The number of anilines is 1. The van der Waals surface area contributed by atoms with E-state index >= 15 is 0 Å². The molecule has 3 aromatic carbocycles. The Balaban J connectivity index is 2.26. The van der Waals surface area contributed by atoms with Crippen LogP contribution in [0.4, 0.5) is 10.5 Å². The molecule has 144 valence electrons. The van der Waals surface area contributed by atoms with Gasteiger partial charge in [0.05, 0.1) is 34.1 Å². The van der Waals surface area contributed by atoms with Gasteiger partial charge in [-0.25, -0.2) is 4.79 Å². The fraction of sp³-hybridized carbons (Fsp3) is 0.190. The van der Waals surface area contributed by atoms with E-state index in [4.69, 9.17) is 18.9 Å². The molecule has 0 aliphatic carbocycles. The topological polar surface area (TPSA) is 77.5 Å². The van der Waals surface area contributed by atoms with Gasteiger partial charge < -0.3 is 24.1 Å². The Morgan fingerprint density at radius 2 is 1.54 bits per heavy atom. The smallest absolute Gasteiger partial charge is 0.416 e. The van der Waals surface area contributed by atoms with Crippen molar-refractivity contribution in [2.75, 3.05) is 33.3 Å². The normalized spacial score (nSPS) is 12.4. The largest absolute Gasteiger partial charge is 0.493 e. The molecule has 1 aliphatic rings. The van der Waals surface area contributed by atoms with Gasteiger partial charge in [0.1, 0.15) is 0 Å². The van der Waals surface area contributed by atoms with Crippen LogP contribution in [0.15, 0.2) is 30.5 Å². The summed E-state index contributed by atoms with van der Waals surface area (Å²) in [5.41, 5.74) is 1.39. The predicted molar refractivity (Wildman–Crippen MR) is 107 cm³/mol. The summed E-state index contributed by atoms with van der Waals surface area (Å²) in [6, 6.07) is 7.35. The van der Waals surface area contributed by atoms with Crippen LogP contribution in [0.2, 0.25) is 0 Å². The van der Waals surface area contributed by atoms with E-state index in [0.29, 0.717) is 28.7 Å². The molecule has 7 nitrogen and oxygen atoms in total. The van der Waals surface area contributed by atoms with Gasteiger partial charge in [-0.15, -0.1) is 0 Å². The molecule has 0 bridgehead atoms. The predicted octanol–water partition coefficient (Wildman–Crippen LogP) is 4.50. The average Bonchev–Trinajstić information content (AvgIpc) is 2.71. The molecule has 0 unspecified atom stereocenters. The minimum Gasteiger partial charge on any atom is -0.493 e. The Kier molecular flexibility index (Phi) is 4.15. The van der Waals surface area contributed by atoms with E-state index in [9.17, 15) is 9.90 Å². The van der Waals surface area contributed by atoms with E-state index < -0.39 is 6.09 Å². The lowest BCUT2D eigenvalue weighted by molar-refractivity contribution is 0.204. The minimum absolute atomic E-state index is 0.529. The van der Waals surface area contributed by atoms with Gasteiger partial charge in [-0.2, -0.15) is 0 Å². The molecule has 1 aliphatic heterocycles. The monoisotopic (exact) mass is 381 g/mol. The molecule has 3 aromatic rings. The highest BCUT2D eigenvalue weighted by atomic mass is 16.5. The van der Waals surface area contributed by atoms with Gasteiger partial charge in [0.15, 0.2) is 23.0 Å². The van der Waals surface area contributed by atoms with Crippen LogP contribution >= 0.6 is 0 Å². The van der Waals surface area contributed by atoms with E-state index in [1.54, 1.807) is 34.5 Å². The molecule has 1 amide bonds. The van der Waals surface area contributed by atoms with Crippen LogP contribution in [0.5, 0.6) is 23.0 Å². The molecular formula is C21H19NO6. The fourth-order valence-corrected chi connectivity index (χ4v) is 3.72. The van der Waals surface area contributed by atoms with Gasteiger partial charge in [0, 0.05) is 17.0 Å². The highest BCUT2D eigenvalue weighted by Crippen LogP contribution is 2.49. The number of carbonyl (C=O) groups is 1. The number of carboxylic acid groups (broad SMARTS) is 1. The Labute approximate surface area is 161 Å². The maximum Gasteiger partial charge on any atom is 0.416 e. The molecule has 0 spiro atoms. The summed E-state index contributed by atoms with van der Waals surface area (Å²) in [6.07, 6.45) is 2.20. The number of hydrogen-bond donors (Lipinski definition) is 1. The van der Waals surface area contributed by atoms with Crippen LogP contribution in [0.25, 0.3) is 27.6 Å². The molecular weight excluding hydrogens is 362 g/mol. The third-order valence-electron chi connectivity index (χ3n) is 4.94. The number of fused-ring (bicyclic) bond motifs is 2. The summed E-state index contributed by atoms with van der Waals surface area (Å²) < 4.78 is 22.1. The zero-order chi connectivity index (χ0) is 20.0. The van der Waals surface area contributed by atoms with Crippen LogP contribution in [0, 0.1) is 0 Å². The second-order valence-corrected chi connectivity index (χ2v) is 6.24.